The highest BCUT2D eigenvalue weighted by Gasteiger charge is 2.32. The Morgan fingerprint density at radius 2 is 2.11 bits per heavy atom. The van der Waals surface area contributed by atoms with Crippen LogP contribution in [0.2, 0.25) is 5.02 Å². The molecule has 2 nitrogen and oxygen atoms in total. The van der Waals surface area contributed by atoms with Gasteiger partial charge in [-0.25, -0.2) is 4.98 Å². The topological polar surface area (TPSA) is 24.9 Å². The van der Waals surface area contributed by atoms with Gasteiger partial charge in [-0.3, -0.25) is 0 Å². The quantitative estimate of drug-likeness (QED) is 0.844. The van der Waals surface area contributed by atoms with Crippen molar-refractivity contribution in [3.05, 3.63) is 22.8 Å². The van der Waals surface area contributed by atoms with Crippen LogP contribution in [-0.4, -0.2) is 16.9 Å². The molecule has 7 heteroatoms. The smallest absolute Gasteiger partial charge is 0.367 e. The van der Waals surface area contributed by atoms with Crippen molar-refractivity contribution in [2.24, 2.45) is 5.92 Å². The van der Waals surface area contributed by atoms with E-state index in [1.807, 2.05) is 0 Å². The molecule has 1 heterocycles. The summed E-state index contributed by atoms with van der Waals surface area (Å²) in [6.07, 6.45) is -1.47. The molecule has 0 aromatic carbocycles. The maximum atomic E-state index is 12.4. The molecule has 0 radical (unpaired) electrons. The molecule has 0 amide bonds. The zero-order chi connectivity index (χ0) is 13.3. The fraction of sp³-hybridized carbons (Fsp3) is 0.545. The van der Waals surface area contributed by atoms with Crippen molar-refractivity contribution in [2.75, 3.05) is 11.9 Å². The van der Waals surface area contributed by atoms with E-state index in [1.165, 1.54) is 0 Å². The minimum atomic E-state index is -4.43. The monoisotopic (exact) mass is 298 g/mol. The van der Waals surface area contributed by atoms with Gasteiger partial charge in [-0.2, -0.15) is 13.2 Å². The Balaban J connectivity index is 2.00. The van der Waals surface area contributed by atoms with Crippen LogP contribution in [0.25, 0.3) is 0 Å². The molecule has 1 fully saturated rings. The van der Waals surface area contributed by atoms with Gasteiger partial charge in [-0.1, -0.05) is 11.6 Å². The Morgan fingerprint density at radius 1 is 1.44 bits per heavy atom. The number of anilines is 1. The van der Waals surface area contributed by atoms with Crippen molar-refractivity contribution >= 4 is 29.0 Å². The van der Waals surface area contributed by atoms with Crippen LogP contribution < -0.4 is 5.32 Å². The first-order valence-corrected chi connectivity index (χ1v) is 6.30. The van der Waals surface area contributed by atoms with Crippen molar-refractivity contribution in [1.82, 2.24) is 4.98 Å². The van der Waals surface area contributed by atoms with E-state index in [2.05, 4.69) is 10.3 Å². The lowest BCUT2D eigenvalue weighted by Gasteiger charge is -2.13. The maximum Gasteiger partial charge on any atom is 0.417 e. The summed E-state index contributed by atoms with van der Waals surface area (Å²) < 4.78 is 37.2. The van der Waals surface area contributed by atoms with Gasteiger partial charge in [0.25, 0.3) is 0 Å². The molecule has 1 N–H and O–H groups in total. The number of alkyl halides is 4. The Bertz CT molecular complexity index is 433. The molecule has 1 unspecified atom stereocenters. The number of nitrogens with one attached hydrogen (secondary N) is 1. The SMILES string of the molecule is FC(F)(F)c1cnc(NCC(Cl)C2CC2)c(Cl)c1. The molecule has 0 bridgehead atoms. The van der Waals surface area contributed by atoms with Crippen LogP contribution in [0.1, 0.15) is 18.4 Å². The second kappa shape index (κ2) is 5.13. The van der Waals surface area contributed by atoms with Crippen LogP contribution in [0.5, 0.6) is 0 Å². The summed E-state index contributed by atoms with van der Waals surface area (Å²) >= 11 is 11.8. The predicted molar refractivity (Wildman–Crippen MR) is 65.1 cm³/mol. The number of rotatable bonds is 4. The lowest BCUT2D eigenvalue weighted by Crippen LogP contribution is -2.17. The number of pyridine rings is 1. The van der Waals surface area contributed by atoms with Crippen LogP contribution >= 0.6 is 23.2 Å². The van der Waals surface area contributed by atoms with Gasteiger partial charge in [0.1, 0.15) is 5.82 Å². The van der Waals surface area contributed by atoms with Gasteiger partial charge in [0.15, 0.2) is 0 Å². The average molecular weight is 299 g/mol. The number of halogens is 5. The van der Waals surface area contributed by atoms with Crippen molar-refractivity contribution in [3.63, 3.8) is 0 Å². The van der Waals surface area contributed by atoms with Gasteiger partial charge in [-0.15, -0.1) is 11.6 Å². The van der Waals surface area contributed by atoms with Gasteiger partial charge in [0.2, 0.25) is 0 Å². The van der Waals surface area contributed by atoms with Crippen molar-refractivity contribution in [1.29, 1.82) is 0 Å². The first-order chi connectivity index (χ1) is 8.38. The fourth-order valence-corrected chi connectivity index (χ4v) is 2.10. The minimum absolute atomic E-state index is 0.0369. The van der Waals surface area contributed by atoms with Crippen LogP contribution in [0.3, 0.4) is 0 Å². The molecule has 100 valence electrons. The molecule has 0 spiro atoms. The van der Waals surface area contributed by atoms with Crippen molar-refractivity contribution in [3.8, 4) is 0 Å². The summed E-state index contributed by atoms with van der Waals surface area (Å²) in [6.45, 7) is 0.449. The molecule has 2 rings (SSSR count). The second-order valence-corrected chi connectivity index (χ2v) is 5.25. The summed E-state index contributed by atoms with van der Waals surface area (Å²) in [5.41, 5.74) is -0.859. The summed E-state index contributed by atoms with van der Waals surface area (Å²) in [4.78, 5) is 3.67. The molecule has 0 saturated heterocycles. The number of nitrogens with zero attached hydrogens (tertiary/aromatic N) is 1. The van der Waals surface area contributed by atoms with Gasteiger partial charge < -0.3 is 5.32 Å². The lowest BCUT2D eigenvalue weighted by molar-refractivity contribution is -0.137. The third kappa shape index (κ3) is 3.42. The molecule has 1 aliphatic rings. The van der Waals surface area contributed by atoms with Crippen LogP contribution in [0, 0.1) is 5.92 Å². The first-order valence-electron chi connectivity index (χ1n) is 5.48. The van der Waals surface area contributed by atoms with Crippen LogP contribution in [-0.2, 0) is 6.18 Å². The standard InChI is InChI=1S/C11H11Cl2F3N2/c12-8-3-7(11(14,15)16)4-17-10(8)18-5-9(13)6-1-2-6/h3-4,6,9H,1-2,5H2,(H,17,18). The third-order valence-electron chi connectivity index (χ3n) is 2.77. The molecule has 1 atom stereocenters. The van der Waals surface area contributed by atoms with Gasteiger partial charge in [0, 0.05) is 12.7 Å². The van der Waals surface area contributed by atoms with E-state index in [0.717, 1.165) is 25.1 Å². The first kappa shape index (κ1) is 13.7. The highest BCUT2D eigenvalue weighted by Crippen LogP contribution is 2.36. The molecule has 1 aromatic heterocycles. The number of aromatic nitrogens is 1. The van der Waals surface area contributed by atoms with Crippen molar-refractivity contribution in [2.45, 2.75) is 24.4 Å². The maximum absolute atomic E-state index is 12.4. The Labute approximate surface area is 112 Å². The fourth-order valence-electron chi connectivity index (χ4n) is 1.54. The number of hydrogen-bond acceptors (Lipinski definition) is 2. The Kier molecular flexibility index (Phi) is 3.92. The van der Waals surface area contributed by atoms with E-state index < -0.39 is 11.7 Å². The van der Waals surface area contributed by atoms with Gasteiger partial charge in [0.05, 0.1) is 16.0 Å². The normalized spacial score (nSPS) is 17.6. The molecular formula is C11H11Cl2F3N2. The predicted octanol–water partition coefficient (Wildman–Crippen LogP) is 4.18. The molecule has 1 aliphatic carbocycles. The van der Waals surface area contributed by atoms with Gasteiger partial charge >= 0.3 is 6.18 Å². The highest BCUT2D eigenvalue weighted by molar-refractivity contribution is 6.33. The van der Waals surface area contributed by atoms with E-state index in [0.29, 0.717) is 12.5 Å². The van der Waals surface area contributed by atoms with E-state index >= 15 is 0 Å². The van der Waals surface area contributed by atoms with Crippen LogP contribution in [0.4, 0.5) is 19.0 Å². The summed E-state index contributed by atoms with van der Waals surface area (Å²) in [7, 11) is 0. The molecule has 18 heavy (non-hydrogen) atoms. The summed E-state index contributed by atoms with van der Waals surface area (Å²) in [5, 5.41) is 2.78. The van der Waals surface area contributed by atoms with E-state index in [9.17, 15) is 13.2 Å². The number of hydrogen-bond donors (Lipinski definition) is 1. The molecule has 1 saturated carbocycles. The second-order valence-electron chi connectivity index (χ2n) is 4.29. The molecular weight excluding hydrogens is 288 g/mol. The summed E-state index contributed by atoms with van der Waals surface area (Å²) in [5.74, 6) is 0.725. The Hall–Kier alpha value is -0.680. The lowest BCUT2D eigenvalue weighted by atomic mass is 10.2. The zero-order valence-electron chi connectivity index (χ0n) is 9.27. The average Bonchev–Trinajstić information content (AvgIpc) is 3.09. The Morgan fingerprint density at radius 3 is 2.61 bits per heavy atom. The highest BCUT2D eigenvalue weighted by atomic mass is 35.5. The third-order valence-corrected chi connectivity index (χ3v) is 3.57. The van der Waals surface area contributed by atoms with E-state index in [4.69, 9.17) is 23.2 Å². The zero-order valence-corrected chi connectivity index (χ0v) is 10.8. The minimum Gasteiger partial charge on any atom is -0.367 e. The van der Waals surface area contributed by atoms with E-state index in [1.54, 1.807) is 0 Å². The van der Waals surface area contributed by atoms with Crippen molar-refractivity contribution < 1.29 is 13.2 Å². The van der Waals surface area contributed by atoms with Gasteiger partial charge in [-0.05, 0) is 24.8 Å². The largest absolute Gasteiger partial charge is 0.417 e. The molecule has 1 aromatic rings. The summed E-state index contributed by atoms with van der Waals surface area (Å²) in [6, 6.07) is 0.858. The molecule has 0 aliphatic heterocycles. The van der Waals surface area contributed by atoms with E-state index in [-0.39, 0.29) is 16.2 Å². The van der Waals surface area contributed by atoms with Crippen LogP contribution in [0.15, 0.2) is 12.3 Å².